The number of aromatic nitrogens is 2. The van der Waals surface area contributed by atoms with Gasteiger partial charge < -0.3 is 5.73 Å². The second-order valence-corrected chi connectivity index (χ2v) is 6.68. The first-order chi connectivity index (χ1) is 9.45. The Bertz CT molecular complexity index is 680. The average Bonchev–Trinajstić information content (AvgIpc) is 2.92. The number of hydrogen-bond donors (Lipinski definition) is 2. The van der Waals surface area contributed by atoms with Crippen molar-refractivity contribution < 1.29 is 8.42 Å². The van der Waals surface area contributed by atoms with Gasteiger partial charge in [0, 0.05) is 31.9 Å². The highest BCUT2D eigenvalue weighted by atomic mass is 32.2. The van der Waals surface area contributed by atoms with Crippen molar-refractivity contribution in [1.82, 2.24) is 14.5 Å². The highest BCUT2D eigenvalue weighted by Crippen LogP contribution is 2.21. The van der Waals surface area contributed by atoms with E-state index in [1.54, 1.807) is 38.5 Å². The first-order valence-corrected chi connectivity index (χ1v) is 7.62. The summed E-state index contributed by atoms with van der Waals surface area (Å²) in [4.78, 5) is 0.298. The first-order valence-electron chi connectivity index (χ1n) is 6.18. The maximum absolute atomic E-state index is 12.6. The molecule has 0 atom stereocenters. The molecule has 2 rings (SSSR count). The molecular formula is C13H18N4O2S. The number of nitrogens with two attached hydrogens (primary N) is 1. The van der Waals surface area contributed by atoms with Crippen molar-refractivity contribution in [2.45, 2.75) is 24.9 Å². The van der Waals surface area contributed by atoms with Crippen molar-refractivity contribution in [3.05, 3.63) is 47.3 Å². The standard InChI is InChI=1S/C13H18N4O2S/c1-10-3-4-11(6-14)5-13(10)20(18,19)17(2)9-12-7-15-16-8-12/h3-5,7-8H,6,9,14H2,1-2H3,(H,15,16). The van der Waals surface area contributed by atoms with E-state index in [2.05, 4.69) is 10.2 Å². The molecule has 1 aromatic carbocycles. The van der Waals surface area contributed by atoms with E-state index in [9.17, 15) is 8.42 Å². The Kier molecular flexibility index (Phi) is 4.22. The van der Waals surface area contributed by atoms with Crippen LogP contribution in [0.25, 0.3) is 0 Å². The van der Waals surface area contributed by atoms with Gasteiger partial charge in [0.2, 0.25) is 10.0 Å². The molecule has 0 amide bonds. The monoisotopic (exact) mass is 294 g/mol. The molecular weight excluding hydrogens is 276 g/mol. The molecule has 1 heterocycles. The van der Waals surface area contributed by atoms with E-state index in [-0.39, 0.29) is 6.54 Å². The van der Waals surface area contributed by atoms with E-state index in [0.29, 0.717) is 17.0 Å². The highest BCUT2D eigenvalue weighted by Gasteiger charge is 2.23. The number of H-pyrrole nitrogens is 1. The third kappa shape index (κ3) is 2.90. The Morgan fingerprint density at radius 3 is 2.70 bits per heavy atom. The van der Waals surface area contributed by atoms with Gasteiger partial charge in [0.05, 0.1) is 11.1 Å². The van der Waals surface area contributed by atoms with E-state index >= 15 is 0 Å². The van der Waals surface area contributed by atoms with Gasteiger partial charge in [-0.2, -0.15) is 9.40 Å². The minimum atomic E-state index is -3.54. The topological polar surface area (TPSA) is 92.1 Å². The number of sulfonamides is 1. The number of nitrogens with zero attached hydrogens (tertiary/aromatic N) is 2. The fraction of sp³-hybridized carbons (Fsp3) is 0.308. The maximum Gasteiger partial charge on any atom is 0.243 e. The number of aryl methyl sites for hydroxylation is 1. The summed E-state index contributed by atoms with van der Waals surface area (Å²) in [5, 5.41) is 6.48. The Balaban J connectivity index is 2.34. The predicted octanol–water partition coefficient (Wildman–Crippen LogP) is 0.998. The lowest BCUT2D eigenvalue weighted by Gasteiger charge is -2.18. The van der Waals surface area contributed by atoms with E-state index < -0.39 is 10.0 Å². The van der Waals surface area contributed by atoms with Crippen LogP contribution >= 0.6 is 0 Å². The van der Waals surface area contributed by atoms with E-state index in [0.717, 1.165) is 11.1 Å². The molecule has 0 aliphatic heterocycles. The normalized spacial score (nSPS) is 12.0. The molecule has 0 unspecified atom stereocenters. The molecule has 20 heavy (non-hydrogen) atoms. The van der Waals surface area contributed by atoms with E-state index in [1.165, 1.54) is 4.31 Å². The van der Waals surface area contributed by atoms with Crippen LogP contribution in [0.4, 0.5) is 0 Å². The zero-order valence-electron chi connectivity index (χ0n) is 11.5. The molecule has 0 aliphatic carbocycles. The molecule has 7 heteroatoms. The van der Waals surface area contributed by atoms with Crippen molar-refractivity contribution in [2.75, 3.05) is 7.05 Å². The van der Waals surface area contributed by atoms with Crippen molar-refractivity contribution >= 4 is 10.0 Å². The first kappa shape index (κ1) is 14.7. The van der Waals surface area contributed by atoms with Crippen molar-refractivity contribution in [1.29, 1.82) is 0 Å². The predicted molar refractivity (Wildman–Crippen MR) is 76.3 cm³/mol. The van der Waals surface area contributed by atoms with Gasteiger partial charge in [0.15, 0.2) is 0 Å². The Labute approximate surface area is 118 Å². The van der Waals surface area contributed by atoms with Crippen molar-refractivity contribution in [3.63, 3.8) is 0 Å². The minimum absolute atomic E-state index is 0.269. The molecule has 0 aliphatic rings. The number of aromatic amines is 1. The molecule has 0 spiro atoms. The number of nitrogens with one attached hydrogen (secondary N) is 1. The second kappa shape index (κ2) is 5.74. The number of hydrogen-bond acceptors (Lipinski definition) is 4. The van der Waals surface area contributed by atoms with Crippen molar-refractivity contribution in [2.24, 2.45) is 5.73 Å². The molecule has 0 fully saturated rings. The summed E-state index contributed by atoms with van der Waals surface area (Å²) in [6.45, 7) is 2.36. The zero-order chi connectivity index (χ0) is 14.8. The van der Waals surface area contributed by atoms with Gasteiger partial charge in [-0.1, -0.05) is 12.1 Å². The van der Waals surface area contributed by atoms with Gasteiger partial charge >= 0.3 is 0 Å². The Morgan fingerprint density at radius 2 is 2.10 bits per heavy atom. The van der Waals surface area contributed by atoms with Gasteiger partial charge in [-0.15, -0.1) is 0 Å². The summed E-state index contributed by atoms with van der Waals surface area (Å²) >= 11 is 0. The summed E-state index contributed by atoms with van der Waals surface area (Å²) in [7, 11) is -1.99. The molecule has 6 nitrogen and oxygen atoms in total. The number of rotatable bonds is 5. The van der Waals surface area contributed by atoms with Gasteiger partial charge in [-0.05, 0) is 24.1 Å². The Hall–Kier alpha value is -1.70. The molecule has 108 valence electrons. The van der Waals surface area contributed by atoms with Crippen LogP contribution in [0.3, 0.4) is 0 Å². The summed E-state index contributed by atoms with van der Waals surface area (Å²) in [6, 6.07) is 5.25. The highest BCUT2D eigenvalue weighted by molar-refractivity contribution is 7.89. The fourth-order valence-electron chi connectivity index (χ4n) is 1.92. The lowest BCUT2D eigenvalue weighted by atomic mass is 10.1. The summed E-state index contributed by atoms with van der Waals surface area (Å²) < 4.78 is 26.5. The average molecular weight is 294 g/mol. The van der Waals surface area contributed by atoms with Gasteiger partial charge in [0.1, 0.15) is 0 Å². The molecule has 0 bridgehead atoms. The maximum atomic E-state index is 12.6. The summed E-state index contributed by atoms with van der Waals surface area (Å²) in [5.41, 5.74) is 7.89. The quantitative estimate of drug-likeness (QED) is 0.860. The third-order valence-electron chi connectivity index (χ3n) is 3.14. The van der Waals surface area contributed by atoms with Crippen LogP contribution in [-0.4, -0.2) is 30.0 Å². The molecule has 3 N–H and O–H groups in total. The van der Waals surface area contributed by atoms with Crippen LogP contribution < -0.4 is 5.73 Å². The van der Waals surface area contributed by atoms with Crippen LogP contribution in [0.5, 0.6) is 0 Å². The van der Waals surface area contributed by atoms with Gasteiger partial charge in [-0.3, -0.25) is 5.10 Å². The molecule has 2 aromatic rings. The van der Waals surface area contributed by atoms with Crippen LogP contribution in [0.1, 0.15) is 16.7 Å². The largest absolute Gasteiger partial charge is 0.326 e. The summed E-state index contributed by atoms with van der Waals surface area (Å²) in [6.07, 6.45) is 3.28. The molecule has 0 saturated heterocycles. The van der Waals surface area contributed by atoms with Crippen LogP contribution in [0, 0.1) is 6.92 Å². The molecule has 1 aromatic heterocycles. The van der Waals surface area contributed by atoms with Crippen LogP contribution in [-0.2, 0) is 23.1 Å². The fourth-order valence-corrected chi connectivity index (χ4v) is 3.35. The van der Waals surface area contributed by atoms with E-state index in [4.69, 9.17) is 5.73 Å². The molecule has 0 saturated carbocycles. The summed E-state index contributed by atoms with van der Waals surface area (Å²) in [5.74, 6) is 0. The minimum Gasteiger partial charge on any atom is -0.326 e. The zero-order valence-corrected chi connectivity index (χ0v) is 12.3. The lowest BCUT2D eigenvalue weighted by molar-refractivity contribution is 0.466. The van der Waals surface area contributed by atoms with Crippen LogP contribution in [0.15, 0.2) is 35.5 Å². The SMILES string of the molecule is Cc1ccc(CN)cc1S(=O)(=O)N(C)Cc1cn[nH]c1. The second-order valence-electron chi connectivity index (χ2n) is 4.67. The van der Waals surface area contributed by atoms with Gasteiger partial charge in [-0.25, -0.2) is 8.42 Å². The third-order valence-corrected chi connectivity index (χ3v) is 5.08. The van der Waals surface area contributed by atoms with Crippen LogP contribution in [0.2, 0.25) is 0 Å². The van der Waals surface area contributed by atoms with Crippen molar-refractivity contribution in [3.8, 4) is 0 Å². The van der Waals surface area contributed by atoms with Gasteiger partial charge in [0.25, 0.3) is 0 Å². The Morgan fingerprint density at radius 1 is 1.35 bits per heavy atom. The smallest absolute Gasteiger partial charge is 0.243 e. The lowest BCUT2D eigenvalue weighted by Crippen LogP contribution is -2.27. The van der Waals surface area contributed by atoms with E-state index in [1.807, 2.05) is 6.07 Å². The molecule has 0 radical (unpaired) electrons. The number of benzene rings is 1.